The van der Waals surface area contributed by atoms with Gasteiger partial charge in [-0.15, -0.1) is 0 Å². The fourth-order valence-electron chi connectivity index (χ4n) is 2.91. The van der Waals surface area contributed by atoms with E-state index >= 15 is 0 Å². The Hall–Kier alpha value is -1.64. The molecular formula is C19H23NO. The maximum absolute atomic E-state index is 6.42. The lowest BCUT2D eigenvalue weighted by molar-refractivity contribution is 0.134. The van der Waals surface area contributed by atoms with E-state index in [1.807, 2.05) is 0 Å². The highest BCUT2D eigenvalue weighted by molar-refractivity contribution is 5.39. The Labute approximate surface area is 126 Å². The van der Waals surface area contributed by atoms with E-state index in [9.17, 15) is 0 Å². The minimum absolute atomic E-state index is 0.0657. The Morgan fingerprint density at radius 3 is 2.33 bits per heavy atom. The molecule has 1 unspecified atom stereocenters. The fraction of sp³-hybridized carbons (Fsp3) is 0.368. The highest BCUT2D eigenvalue weighted by atomic mass is 16.5. The van der Waals surface area contributed by atoms with E-state index < -0.39 is 0 Å². The molecule has 0 spiro atoms. The number of fused-ring (bicyclic) bond motifs is 1. The van der Waals surface area contributed by atoms with Gasteiger partial charge in [-0.3, -0.25) is 0 Å². The molecule has 1 aliphatic rings. The third-order valence-corrected chi connectivity index (χ3v) is 4.09. The second kappa shape index (κ2) is 6.00. The van der Waals surface area contributed by atoms with Gasteiger partial charge in [-0.05, 0) is 40.2 Å². The van der Waals surface area contributed by atoms with Crippen LogP contribution in [0.25, 0.3) is 0 Å². The minimum atomic E-state index is -0.0657. The van der Waals surface area contributed by atoms with Crippen LogP contribution in [0.2, 0.25) is 0 Å². The minimum Gasteiger partial charge on any atom is -0.372 e. The molecule has 2 nitrogen and oxygen atoms in total. The lowest BCUT2D eigenvalue weighted by Gasteiger charge is -2.15. The Morgan fingerprint density at radius 2 is 1.62 bits per heavy atom. The molecule has 0 fully saturated rings. The first kappa shape index (κ1) is 14.3. The van der Waals surface area contributed by atoms with E-state index in [-0.39, 0.29) is 6.04 Å². The Balaban J connectivity index is 1.79. The summed E-state index contributed by atoms with van der Waals surface area (Å²) in [6.07, 6.45) is 1.12. The van der Waals surface area contributed by atoms with Crippen LogP contribution in [0.4, 0.5) is 0 Å². The van der Waals surface area contributed by atoms with Crippen molar-refractivity contribution in [1.82, 2.24) is 0 Å². The van der Waals surface area contributed by atoms with Crippen molar-refractivity contribution in [2.45, 2.75) is 39.5 Å². The van der Waals surface area contributed by atoms with Crippen LogP contribution in [-0.2, 0) is 24.4 Å². The Morgan fingerprint density at radius 1 is 0.952 bits per heavy atom. The number of ether oxygens (including phenoxy) is 1. The molecule has 1 aliphatic heterocycles. The second-order valence-electron chi connectivity index (χ2n) is 6.34. The normalized spacial score (nSPS) is 15.2. The number of rotatable bonds is 4. The van der Waals surface area contributed by atoms with Crippen molar-refractivity contribution in [3.05, 3.63) is 70.3 Å². The van der Waals surface area contributed by atoms with Crippen molar-refractivity contribution >= 4 is 0 Å². The lowest BCUT2D eigenvalue weighted by Crippen LogP contribution is -2.12. The van der Waals surface area contributed by atoms with Gasteiger partial charge in [0.1, 0.15) is 0 Å². The maximum atomic E-state index is 6.42. The molecule has 0 radical (unpaired) electrons. The topological polar surface area (TPSA) is 35.2 Å². The molecule has 21 heavy (non-hydrogen) atoms. The summed E-state index contributed by atoms with van der Waals surface area (Å²) >= 11 is 0. The molecule has 3 rings (SSSR count). The van der Waals surface area contributed by atoms with Gasteiger partial charge in [0.15, 0.2) is 0 Å². The van der Waals surface area contributed by atoms with Crippen LogP contribution in [0.5, 0.6) is 0 Å². The molecule has 2 aromatic carbocycles. The van der Waals surface area contributed by atoms with Crippen molar-refractivity contribution in [3.8, 4) is 0 Å². The average molecular weight is 281 g/mol. The third-order valence-electron chi connectivity index (χ3n) is 4.09. The van der Waals surface area contributed by atoms with Gasteiger partial charge in [-0.25, -0.2) is 0 Å². The zero-order valence-corrected chi connectivity index (χ0v) is 12.8. The molecule has 0 aliphatic carbocycles. The summed E-state index contributed by atoms with van der Waals surface area (Å²) in [5, 5.41) is 0. The number of hydrogen-bond donors (Lipinski definition) is 1. The van der Waals surface area contributed by atoms with Crippen LogP contribution in [0, 0.1) is 5.92 Å². The van der Waals surface area contributed by atoms with Gasteiger partial charge in [-0.1, -0.05) is 56.3 Å². The van der Waals surface area contributed by atoms with Crippen LogP contribution in [-0.4, -0.2) is 0 Å². The van der Waals surface area contributed by atoms with Gasteiger partial charge in [0, 0.05) is 0 Å². The van der Waals surface area contributed by atoms with Gasteiger partial charge < -0.3 is 10.5 Å². The summed E-state index contributed by atoms with van der Waals surface area (Å²) in [6, 6.07) is 15.1. The lowest BCUT2D eigenvalue weighted by atomic mass is 9.94. The van der Waals surface area contributed by atoms with Crippen LogP contribution in [0.3, 0.4) is 0 Å². The first-order valence-electron chi connectivity index (χ1n) is 7.67. The van der Waals surface area contributed by atoms with Gasteiger partial charge in [0.05, 0.1) is 19.3 Å². The SMILES string of the molecule is CC(C)Cc1ccc(C(N)c2ccc3c(c2)COC3)cc1. The third kappa shape index (κ3) is 3.17. The van der Waals surface area contributed by atoms with Gasteiger partial charge in [0.25, 0.3) is 0 Å². The Bertz CT molecular complexity index is 616. The van der Waals surface area contributed by atoms with Crippen molar-refractivity contribution < 1.29 is 4.74 Å². The summed E-state index contributed by atoms with van der Waals surface area (Å²) in [7, 11) is 0. The maximum Gasteiger partial charge on any atom is 0.0725 e. The molecule has 0 saturated heterocycles. The monoisotopic (exact) mass is 281 g/mol. The quantitative estimate of drug-likeness (QED) is 0.920. The summed E-state index contributed by atoms with van der Waals surface area (Å²) in [4.78, 5) is 0. The van der Waals surface area contributed by atoms with Crippen molar-refractivity contribution in [1.29, 1.82) is 0 Å². The fourth-order valence-corrected chi connectivity index (χ4v) is 2.91. The number of hydrogen-bond acceptors (Lipinski definition) is 2. The number of nitrogens with two attached hydrogens (primary N) is 1. The van der Waals surface area contributed by atoms with Gasteiger partial charge in [-0.2, -0.15) is 0 Å². The number of benzene rings is 2. The molecule has 2 aromatic rings. The van der Waals surface area contributed by atoms with Crippen molar-refractivity contribution in [2.75, 3.05) is 0 Å². The smallest absolute Gasteiger partial charge is 0.0725 e. The predicted molar refractivity (Wildman–Crippen MR) is 85.9 cm³/mol. The molecule has 2 heteroatoms. The molecule has 0 aromatic heterocycles. The largest absolute Gasteiger partial charge is 0.372 e. The molecule has 2 N–H and O–H groups in total. The highest BCUT2D eigenvalue weighted by Crippen LogP contribution is 2.26. The van der Waals surface area contributed by atoms with E-state index in [0.29, 0.717) is 12.5 Å². The first-order chi connectivity index (χ1) is 10.1. The highest BCUT2D eigenvalue weighted by Gasteiger charge is 2.15. The summed E-state index contributed by atoms with van der Waals surface area (Å²) in [6.45, 7) is 5.93. The van der Waals surface area contributed by atoms with E-state index in [4.69, 9.17) is 10.5 Å². The summed E-state index contributed by atoms with van der Waals surface area (Å²) in [5.74, 6) is 0.682. The van der Waals surface area contributed by atoms with Crippen molar-refractivity contribution in [3.63, 3.8) is 0 Å². The molecule has 1 atom stereocenters. The van der Waals surface area contributed by atoms with E-state index in [1.54, 1.807) is 0 Å². The van der Waals surface area contributed by atoms with E-state index in [2.05, 4.69) is 56.3 Å². The Kier molecular flexibility index (Phi) is 4.09. The summed E-state index contributed by atoms with van der Waals surface area (Å²) < 4.78 is 5.47. The zero-order valence-electron chi connectivity index (χ0n) is 12.8. The average Bonchev–Trinajstić information content (AvgIpc) is 2.94. The van der Waals surface area contributed by atoms with Crippen LogP contribution >= 0.6 is 0 Å². The second-order valence-corrected chi connectivity index (χ2v) is 6.34. The molecular weight excluding hydrogens is 258 g/mol. The summed E-state index contributed by atoms with van der Waals surface area (Å²) in [5.41, 5.74) is 12.7. The van der Waals surface area contributed by atoms with E-state index in [0.717, 1.165) is 18.6 Å². The molecule has 0 saturated carbocycles. The van der Waals surface area contributed by atoms with Gasteiger partial charge in [0.2, 0.25) is 0 Å². The first-order valence-corrected chi connectivity index (χ1v) is 7.67. The van der Waals surface area contributed by atoms with Crippen LogP contribution < -0.4 is 5.73 Å². The molecule has 0 amide bonds. The van der Waals surface area contributed by atoms with Gasteiger partial charge >= 0.3 is 0 Å². The zero-order chi connectivity index (χ0) is 14.8. The molecule has 1 heterocycles. The van der Waals surface area contributed by atoms with Crippen LogP contribution in [0.1, 0.15) is 47.7 Å². The van der Waals surface area contributed by atoms with Crippen LogP contribution in [0.15, 0.2) is 42.5 Å². The standard InChI is InChI=1S/C19H23NO/c1-13(2)9-14-3-5-15(6-4-14)19(20)16-7-8-17-11-21-12-18(17)10-16/h3-8,10,13,19H,9,11-12,20H2,1-2H3. The predicted octanol–water partition coefficient (Wildman–Crippen LogP) is 3.96. The molecule has 110 valence electrons. The van der Waals surface area contributed by atoms with Crippen molar-refractivity contribution in [2.24, 2.45) is 11.7 Å². The molecule has 0 bridgehead atoms. The van der Waals surface area contributed by atoms with E-state index in [1.165, 1.54) is 22.3 Å².